The fourth-order valence-electron chi connectivity index (χ4n) is 3.46. The Hall–Kier alpha value is -1.74. The molecule has 2 aliphatic rings. The van der Waals surface area contributed by atoms with E-state index in [1.54, 1.807) is 41.0 Å². The predicted molar refractivity (Wildman–Crippen MR) is 87.7 cm³/mol. The molecule has 9 heteroatoms. The van der Waals surface area contributed by atoms with E-state index in [2.05, 4.69) is 5.10 Å². The summed E-state index contributed by atoms with van der Waals surface area (Å²) >= 11 is 0. The molecule has 132 valence electrons. The molecule has 1 unspecified atom stereocenters. The van der Waals surface area contributed by atoms with Crippen LogP contribution in [0.5, 0.6) is 0 Å². The van der Waals surface area contributed by atoms with E-state index in [1.807, 2.05) is 0 Å². The number of hydrogen-bond donors (Lipinski definition) is 0. The van der Waals surface area contributed by atoms with Crippen molar-refractivity contribution in [1.82, 2.24) is 19.6 Å². The topological polar surface area (TPSA) is 84.7 Å². The van der Waals surface area contributed by atoms with Crippen molar-refractivity contribution in [1.29, 1.82) is 0 Å². The van der Waals surface area contributed by atoms with Gasteiger partial charge in [-0.1, -0.05) is 0 Å². The molecule has 0 aliphatic carbocycles. The number of methoxy groups -OCH3 is 1. The van der Waals surface area contributed by atoms with Crippen molar-refractivity contribution in [2.75, 3.05) is 39.1 Å². The Morgan fingerprint density at radius 1 is 1.42 bits per heavy atom. The molecule has 2 fully saturated rings. The summed E-state index contributed by atoms with van der Waals surface area (Å²) in [4.78, 5) is 27.5. The zero-order valence-corrected chi connectivity index (χ0v) is 14.8. The van der Waals surface area contributed by atoms with E-state index in [0.29, 0.717) is 44.6 Å². The Bertz CT molecular complexity index is 666. The summed E-state index contributed by atoms with van der Waals surface area (Å²) in [5, 5.41) is 4.03. The third-order valence-corrected chi connectivity index (χ3v) is 6.76. The molecular weight excluding hydrogens is 332 g/mol. The number of rotatable bonds is 4. The number of carbonyl (C=O) groups is 2. The number of likely N-dealkylation sites (tertiary alicyclic amines) is 1. The number of nitrogens with zero attached hydrogens (tertiary/aromatic N) is 4. The Labute approximate surface area is 143 Å². The van der Waals surface area contributed by atoms with Gasteiger partial charge in [0.15, 0.2) is 0 Å². The van der Waals surface area contributed by atoms with E-state index >= 15 is 0 Å². The molecule has 2 amide bonds. The highest BCUT2D eigenvalue weighted by atomic mass is 32.2. The number of amides is 2. The van der Waals surface area contributed by atoms with Gasteiger partial charge in [0, 0.05) is 52.8 Å². The first-order chi connectivity index (χ1) is 11.5. The van der Waals surface area contributed by atoms with Crippen molar-refractivity contribution in [3.05, 3.63) is 18.0 Å². The van der Waals surface area contributed by atoms with Gasteiger partial charge in [0.25, 0.3) is 5.91 Å². The minimum absolute atomic E-state index is 0.0697. The van der Waals surface area contributed by atoms with Gasteiger partial charge in [0.2, 0.25) is 5.91 Å². The molecule has 3 heterocycles. The monoisotopic (exact) mass is 354 g/mol. The number of piperidine rings is 1. The fraction of sp³-hybridized carbons (Fsp3) is 0.667. The van der Waals surface area contributed by atoms with E-state index in [9.17, 15) is 13.8 Å². The minimum atomic E-state index is -1.23. The summed E-state index contributed by atoms with van der Waals surface area (Å²) in [7, 11) is 2.12. The molecule has 1 aromatic rings. The van der Waals surface area contributed by atoms with Crippen LogP contribution in [0.15, 0.2) is 12.4 Å². The number of aromatic nitrogens is 2. The van der Waals surface area contributed by atoms with E-state index in [1.165, 1.54) is 0 Å². The second kappa shape index (κ2) is 6.64. The summed E-state index contributed by atoms with van der Waals surface area (Å²) in [6.07, 6.45) is 4.30. The maximum Gasteiger partial charge on any atom is 0.257 e. The Morgan fingerprint density at radius 2 is 2.12 bits per heavy atom. The third kappa shape index (κ3) is 2.86. The quantitative estimate of drug-likeness (QED) is 0.734. The molecule has 1 aromatic heterocycles. The lowest BCUT2D eigenvalue weighted by atomic mass is 10.0. The van der Waals surface area contributed by atoms with Crippen LogP contribution in [0, 0.1) is 0 Å². The minimum Gasteiger partial charge on any atom is -0.383 e. The normalized spacial score (nSPS) is 23.2. The summed E-state index contributed by atoms with van der Waals surface area (Å²) in [5.41, 5.74) is 0.549. The van der Waals surface area contributed by atoms with E-state index in [4.69, 9.17) is 4.74 Å². The van der Waals surface area contributed by atoms with Gasteiger partial charge in [-0.15, -0.1) is 0 Å². The van der Waals surface area contributed by atoms with Crippen LogP contribution < -0.4 is 0 Å². The van der Waals surface area contributed by atoms with Crippen molar-refractivity contribution >= 4 is 22.6 Å². The average molecular weight is 354 g/mol. The lowest BCUT2D eigenvalue weighted by Gasteiger charge is -2.43. The standard InChI is InChI=1S/C15H22N4O4S/c1-17-10-12(9-16-17)14(21)18-5-3-15(4-6-18)19(7-8-23-2)13(20)11-24(15)22/h9-10H,3-8,11H2,1-2H3. The molecule has 2 aliphatic heterocycles. The molecule has 8 nitrogen and oxygen atoms in total. The van der Waals surface area contributed by atoms with Gasteiger partial charge < -0.3 is 14.5 Å². The lowest BCUT2D eigenvalue weighted by molar-refractivity contribution is -0.131. The Balaban J connectivity index is 1.71. The molecule has 0 bridgehead atoms. The van der Waals surface area contributed by atoms with Crippen LogP contribution in [-0.2, 0) is 27.4 Å². The molecule has 0 aromatic carbocycles. The maximum atomic E-state index is 12.6. The summed E-state index contributed by atoms with van der Waals surface area (Å²) in [5.74, 6) is -0.0887. The zero-order chi connectivity index (χ0) is 17.3. The maximum absolute atomic E-state index is 12.6. The van der Waals surface area contributed by atoms with Crippen LogP contribution in [0.25, 0.3) is 0 Å². The SMILES string of the molecule is COCCN1C(=O)CS(=O)C12CCN(C(=O)c1cnn(C)c1)CC2. The highest BCUT2D eigenvalue weighted by Crippen LogP contribution is 2.37. The molecule has 24 heavy (non-hydrogen) atoms. The van der Waals surface area contributed by atoms with Crippen LogP contribution in [0.1, 0.15) is 23.2 Å². The predicted octanol–water partition coefficient (Wildman–Crippen LogP) is -0.410. The van der Waals surface area contributed by atoms with Crippen molar-refractivity contribution in [2.45, 2.75) is 17.7 Å². The van der Waals surface area contributed by atoms with Gasteiger partial charge in [0.1, 0.15) is 10.6 Å². The van der Waals surface area contributed by atoms with Gasteiger partial charge in [-0.25, -0.2) is 0 Å². The Morgan fingerprint density at radius 3 is 2.71 bits per heavy atom. The highest BCUT2D eigenvalue weighted by Gasteiger charge is 2.52. The van der Waals surface area contributed by atoms with Gasteiger partial charge in [-0.05, 0) is 0 Å². The zero-order valence-electron chi connectivity index (χ0n) is 13.9. The molecule has 3 rings (SSSR count). The summed E-state index contributed by atoms with van der Waals surface area (Å²) in [6, 6.07) is 0. The first-order valence-electron chi connectivity index (χ1n) is 7.94. The van der Waals surface area contributed by atoms with Crippen LogP contribution >= 0.6 is 0 Å². The van der Waals surface area contributed by atoms with Gasteiger partial charge in [0.05, 0.1) is 29.2 Å². The Kier molecular flexibility index (Phi) is 4.73. The van der Waals surface area contributed by atoms with Gasteiger partial charge in [-0.3, -0.25) is 18.5 Å². The number of aryl methyl sites for hydroxylation is 1. The molecule has 0 radical (unpaired) electrons. The number of hydrogen-bond acceptors (Lipinski definition) is 5. The van der Waals surface area contributed by atoms with E-state index in [-0.39, 0.29) is 17.6 Å². The van der Waals surface area contributed by atoms with Crippen LogP contribution in [0.4, 0.5) is 0 Å². The van der Waals surface area contributed by atoms with Gasteiger partial charge in [-0.2, -0.15) is 5.10 Å². The van der Waals surface area contributed by atoms with Crippen molar-refractivity contribution < 1.29 is 18.5 Å². The summed E-state index contributed by atoms with van der Waals surface area (Å²) in [6.45, 7) is 1.83. The van der Waals surface area contributed by atoms with E-state index in [0.717, 1.165) is 0 Å². The number of ether oxygens (including phenoxy) is 1. The second-order valence-electron chi connectivity index (χ2n) is 6.17. The first kappa shape index (κ1) is 17.1. The van der Waals surface area contributed by atoms with Crippen LogP contribution in [0.2, 0.25) is 0 Å². The van der Waals surface area contributed by atoms with Gasteiger partial charge >= 0.3 is 0 Å². The molecule has 1 spiro atoms. The molecular formula is C15H22N4O4S. The van der Waals surface area contributed by atoms with Crippen LogP contribution in [0.3, 0.4) is 0 Å². The molecule has 1 atom stereocenters. The second-order valence-corrected chi connectivity index (χ2v) is 7.91. The fourth-order valence-corrected chi connectivity index (χ4v) is 5.18. The van der Waals surface area contributed by atoms with Crippen molar-refractivity contribution in [3.63, 3.8) is 0 Å². The summed E-state index contributed by atoms with van der Waals surface area (Å²) < 4.78 is 19.2. The van der Waals surface area contributed by atoms with Crippen LogP contribution in [-0.4, -0.2) is 79.6 Å². The van der Waals surface area contributed by atoms with Crippen molar-refractivity contribution in [3.8, 4) is 0 Å². The third-order valence-electron chi connectivity index (χ3n) is 4.77. The highest BCUT2D eigenvalue weighted by molar-refractivity contribution is 7.87. The molecule has 2 saturated heterocycles. The molecule has 0 N–H and O–H groups in total. The molecule has 0 saturated carbocycles. The first-order valence-corrected chi connectivity index (χ1v) is 9.25. The smallest absolute Gasteiger partial charge is 0.257 e. The van der Waals surface area contributed by atoms with Crippen molar-refractivity contribution in [2.24, 2.45) is 7.05 Å². The van der Waals surface area contributed by atoms with E-state index < -0.39 is 15.7 Å². The average Bonchev–Trinajstić information content (AvgIpc) is 3.09. The largest absolute Gasteiger partial charge is 0.383 e. The number of carbonyl (C=O) groups excluding carboxylic acids is 2. The lowest BCUT2D eigenvalue weighted by Crippen LogP contribution is -2.56.